The van der Waals surface area contributed by atoms with Crippen LogP contribution in [0.2, 0.25) is 0 Å². The fourth-order valence-corrected chi connectivity index (χ4v) is 1.06. The van der Waals surface area contributed by atoms with Crippen LogP contribution in [0.25, 0.3) is 0 Å². The third-order valence-corrected chi connectivity index (χ3v) is 2.33. The number of hydrogen-bond donors (Lipinski definition) is 2. The molecule has 0 fully saturated rings. The molecule has 0 heterocycles. The lowest BCUT2D eigenvalue weighted by Crippen LogP contribution is -2.42. The summed E-state index contributed by atoms with van der Waals surface area (Å²) in [6.45, 7) is 7.44. The van der Waals surface area contributed by atoms with Crippen molar-refractivity contribution >= 4 is 0 Å². The van der Waals surface area contributed by atoms with Gasteiger partial charge in [-0.15, -0.1) is 0 Å². The quantitative estimate of drug-likeness (QED) is 0.596. The third kappa shape index (κ3) is 4.52. The molecule has 0 saturated heterocycles. The van der Waals surface area contributed by atoms with Crippen LogP contribution in [0.1, 0.15) is 33.6 Å². The molecule has 1 unspecified atom stereocenters. The summed E-state index contributed by atoms with van der Waals surface area (Å²) >= 11 is 0. The summed E-state index contributed by atoms with van der Waals surface area (Å²) in [6, 6.07) is 0. The highest BCUT2D eigenvalue weighted by atomic mass is 16.3. The Morgan fingerprint density at radius 3 is 2.58 bits per heavy atom. The van der Waals surface area contributed by atoms with E-state index in [9.17, 15) is 0 Å². The summed E-state index contributed by atoms with van der Waals surface area (Å²) in [6.07, 6.45) is 5.99. The van der Waals surface area contributed by atoms with Gasteiger partial charge in [-0.2, -0.15) is 0 Å². The maximum absolute atomic E-state index is 8.83. The maximum atomic E-state index is 8.83. The topological polar surface area (TPSA) is 32.3 Å². The van der Waals surface area contributed by atoms with Crippen LogP contribution in [0.4, 0.5) is 0 Å². The molecule has 2 N–H and O–H groups in total. The summed E-state index contributed by atoms with van der Waals surface area (Å²) in [7, 11) is 0. The van der Waals surface area contributed by atoms with Crippen LogP contribution in [0.5, 0.6) is 0 Å². The molecule has 2 nitrogen and oxygen atoms in total. The van der Waals surface area contributed by atoms with E-state index in [1.807, 2.05) is 13.0 Å². The van der Waals surface area contributed by atoms with Crippen LogP contribution < -0.4 is 5.32 Å². The summed E-state index contributed by atoms with van der Waals surface area (Å²) < 4.78 is 0. The van der Waals surface area contributed by atoms with Crippen molar-refractivity contribution < 1.29 is 5.11 Å². The minimum absolute atomic E-state index is 0.0915. The van der Waals surface area contributed by atoms with Crippen molar-refractivity contribution in [3.05, 3.63) is 12.2 Å². The predicted molar refractivity (Wildman–Crippen MR) is 53.2 cm³/mol. The van der Waals surface area contributed by atoms with E-state index in [1.165, 1.54) is 0 Å². The highest BCUT2D eigenvalue weighted by molar-refractivity contribution is 4.87. The molecular weight excluding hydrogens is 150 g/mol. The van der Waals surface area contributed by atoms with Gasteiger partial charge in [-0.25, -0.2) is 0 Å². The molecule has 0 aliphatic rings. The molecule has 0 radical (unpaired) electrons. The van der Waals surface area contributed by atoms with Gasteiger partial charge in [-0.3, -0.25) is 0 Å². The average molecular weight is 171 g/mol. The van der Waals surface area contributed by atoms with Crippen molar-refractivity contribution in [2.75, 3.05) is 13.2 Å². The van der Waals surface area contributed by atoms with E-state index in [2.05, 4.69) is 25.2 Å². The molecule has 12 heavy (non-hydrogen) atoms. The number of aliphatic hydroxyl groups excluding tert-OH is 1. The van der Waals surface area contributed by atoms with Crippen molar-refractivity contribution in [2.24, 2.45) is 0 Å². The SMILES string of the molecule is C/C=C/CNC(C)(CC)CCO. The second-order valence-corrected chi connectivity index (χ2v) is 3.34. The summed E-state index contributed by atoms with van der Waals surface area (Å²) in [5, 5.41) is 12.2. The van der Waals surface area contributed by atoms with E-state index < -0.39 is 0 Å². The standard InChI is InChI=1S/C10H21NO/c1-4-6-8-11-10(3,5-2)7-9-12/h4,6,11-12H,5,7-9H2,1-3H3/b6-4+. The minimum Gasteiger partial charge on any atom is -0.396 e. The van der Waals surface area contributed by atoms with Crippen LogP contribution >= 0.6 is 0 Å². The fraction of sp³-hybridized carbons (Fsp3) is 0.800. The van der Waals surface area contributed by atoms with Crippen molar-refractivity contribution in [1.29, 1.82) is 0 Å². The molecule has 0 aliphatic carbocycles. The first-order chi connectivity index (χ1) is 5.68. The Labute approximate surface area is 75.7 Å². The van der Waals surface area contributed by atoms with E-state index in [-0.39, 0.29) is 12.1 Å². The van der Waals surface area contributed by atoms with E-state index in [4.69, 9.17) is 5.11 Å². The predicted octanol–water partition coefficient (Wildman–Crippen LogP) is 1.70. The molecule has 0 aliphatic heterocycles. The normalized spacial score (nSPS) is 16.7. The number of aliphatic hydroxyl groups is 1. The Kier molecular flexibility index (Phi) is 6.03. The largest absolute Gasteiger partial charge is 0.396 e. The smallest absolute Gasteiger partial charge is 0.0448 e. The molecule has 2 heteroatoms. The van der Waals surface area contributed by atoms with Crippen molar-refractivity contribution in [3.8, 4) is 0 Å². The first-order valence-electron chi connectivity index (χ1n) is 4.65. The lowest BCUT2D eigenvalue weighted by atomic mass is 9.95. The van der Waals surface area contributed by atoms with Gasteiger partial charge >= 0.3 is 0 Å². The van der Waals surface area contributed by atoms with Gasteiger partial charge in [0.05, 0.1) is 0 Å². The molecule has 0 saturated carbocycles. The molecule has 1 atom stereocenters. The summed E-state index contributed by atoms with van der Waals surface area (Å²) in [4.78, 5) is 0. The Balaban J connectivity index is 3.78. The van der Waals surface area contributed by atoms with Gasteiger partial charge in [0, 0.05) is 18.7 Å². The van der Waals surface area contributed by atoms with Gasteiger partial charge in [0.15, 0.2) is 0 Å². The van der Waals surface area contributed by atoms with Crippen LogP contribution in [0.15, 0.2) is 12.2 Å². The molecule has 0 amide bonds. The van der Waals surface area contributed by atoms with Crippen LogP contribution in [-0.2, 0) is 0 Å². The van der Waals surface area contributed by atoms with Gasteiger partial charge in [0.2, 0.25) is 0 Å². The Hall–Kier alpha value is -0.340. The van der Waals surface area contributed by atoms with E-state index >= 15 is 0 Å². The zero-order valence-electron chi connectivity index (χ0n) is 8.43. The first-order valence-corrected chi connectivity index (χ1v) is 4.65. The second-order valence-electron chi connectivity index (χ2n) is 3.34. The van der Waals surface area contributed by atoms with E-state index in [1.54, 1.807) is 0 Å². The summed E-state index contributed by atoms with van der Waals surface area (Å²) in [5.74, 6) is 0. The van der Waals surface area contributed by atoms with E-state index in [0.717, 1.165) is 19.4 Å². The highest BCUT2D eigenvalue weighted by Gasteiger charge is 2.18. The molecule has 0 aromatic rings. The van der Waals surface area contributed by atoms with Gasteiger partial charge in [-0.05, 0) is 26.7 Å². The Morgan fingerprint density at radius 2 is 2.17 bits per heavy atom. The Bertz CT molecular complexity index is 134. The third-order valence-electron chi connectivity index (χ3n) is 2.33. The van der Waals surface area contributed by atoms with Crippen molar-refractivity contribution in [1.82, 2.24) is 5.32 Å². The number of hydrogen-bond acceptors (Lipinski definition) is 2. The van der Waals surface area contributed by atoms with Crippen molar-refractivity contribution in [3.63, 3.8) is 0 Å². The fourth-order valence-electron chi connectivity index (χ4n) is 1.06. The van der Waals surface area contributed by atoms with Crippen molar-refractivity contribution in [2.45, 2.75) is 39.2 Å². The Morgan fingerprint density at radius 1 is 1.50 bits per heavy atom. The average Bonchev–Trinajstić information content (AvgIpc) is 2.06. The first kappa shape index (κ1) is 11.7. The van der Waals surface area contributed by atoms with Crippen LogP contribution in [0, 0.1) is 0 Å². The van der Waals surface area contributed by atoms with Gasteiger partial charge < -0.3 is 10.4 Å². The molecule has 72 valence electrons. The molecule has 0 aromatic heterocycles. The molecular formula is C10H21NO. The van der Waals surface area contributed by atoms with Gasteiger partial charge in [0.1, 0.15) is 0 Å². The lowest BCUT2D eigenvalue weighted by molar-refractivity contribution is 0.219. The van der Waals surface area contributed by atoms with Crippen LogP contribution in [0.3, 0.4) is 0 Å². The minimum atomic E-state index is 0.0915. The number of nitrogens with one attached hydrogen (secondary N) is 1. The van der Waals surface area contributed by atoms with Gasteiger partial charge in [-0.1, -0.05) is 19.1 Å². The number of rotatable bonds is 6. The molecule has 0 rings (SSSR count). The number of allylic oxidation sites excluding steroid dienone is 1. The zero-order chi connectivity index (χ0) is 9.45. The second kappa shape index (κ2) is 6.21. The summed E-state index contributed by atoms with van der Waals surface area (Å²) in [5.41, 5.74) is 0.0915. The molecule has 0 aromatic carbocycles. The van der Waals surface area contributed by atoms with Gasteiger partial charge in [0.25, 0.3) is 0 Å². The monoisotopic (exact) mass is 171 g/mol. The van der Waals surface area contributed by atoms with E-state index in [0.29, 0.717) is 0 Å². The molecule has 0 spiro atoms. The van der Waals surface area contributed by atoms with Crippen LogP contribution in [-0.4, -0.2) is 23.8 Å². The molecule has 0 bridgehead atoms. The highest BCUT2D eigenvalue weighted by Crippen LogP contribution is 2.12. The maximum Gasteiger partial charge on any atom is 0.0448 e. The lowest BCUT2D eigenvalue weighted by Gasteiger charge is -2.28. The zero-order valence-corrected chi connectivity index (χ0v) is 8.43.